The molecule has 2 unspecified atom stereocenters. The standard InChI is InChI=1S/C17H26N2O/c1-2-13-9-6-10-15(11-13)19-17(20)16(18)12-14-7-4-3-5-8-14/h3-5,7-8,13,15-16H,2,6,9-12,18H2,1H3,(H,19,20)/t13?,15?,16-/m1/s1. The van der Waals surface area contributed by atoms with Crippen molar-refractivity contribution in [1.82, 2.24) is 5.32 Å². The largest absolute Gasteiger partial charge is 0.352 e. The number of nitrogens with one attached hydrogen (secondary N) is 1. The maximum atomic E-state index is 12.2. The van der Waals surface area contributed by atoms with Gasteiger partial charge in [0.05, 0.1) is 6.04 Å². The second-order valence-corrected chi connectivity index (χ2v) is 5.94. The van der Waals surface area contributed by atoms with Crippen LogP contribution in [0.2, 0.25) is 0 Å². The number of carbonyl (C=O) groups is 1. The molecule has 0 aliphatic heterocycles. The summed E-state index contributed by atoms with van der Waals surface area (Å²) in [6.07, 6.45) is 6.55. The van der Waals surface area contributed by atoms with Crippen LogP contribution in [0, 0.1) is 5.92 Å². The summed E-state index contributed by atoms with van der Waals surface area (Å²) in [6.45, 7) is 2.23. The zero-order chi connectivity index (χ0) is 14.4. The lowest BCUT2D eigenvalue weighted by Crippen LogP contribution is -2.47. The van der Waals surface area contributed by atoms with Crippen molar-refractivity contribution in [2.24, 2.45) is 11.7 Å². The van der Waals surface area contributed by atoms with Gasteiger partial charge in [0, 0.05) is 6.04 Å². The smallest absolute Gasteiger partial charge is 0.237 e. The van der Waals surface area contributed by atoms with E-state index in [-0.39, 0.29) is 5.91 Å². The Kier molecular flexibility index (Phi) is 5.60. The lowest BCUT2D eigenvalue weighted by atomic mass is 9.84. The Bertz CT molecular complexity index is 418. The highest BCUT2D eigenvalue weighted by molar-refractivity contribution is 5.82. The molecule has 20 heavy (non-hydrogen) atoms. The summed E-state index contributed by atoms with van der Waals surface area (Å²) in [5, 5.41) is 3.14. The minimum atomic E-state index is -0.445. The third-order valence-corrected chi connectivity index (χ3v) is 4.34. The third-order valence-electron chi connectivity index (χ3n) is 4.34. The first kappa shape index (κ1) is 15.0. The van der Waals surface area contributed by atoms with Crippen LogP contribution in [0.15, 0.2) is 30.3 Å². The van der Waals surface area contributed by atoms with Crippen LogP contribution in [0.3, 0.4) is 0 Å². The van der Waals surface area contributed by atoms with Crippen LogP contribution in [0.25, 0.3) is 0 Å². The van der Waals surface area contributed by atoms with Crippen molar-refractivity contribution in [1.29, 1.82) is 0 Å². The predicted molar refractivity (Wildman–Crippen MR) is 82.3 cm³/mol. The van der Waals surface area contributed by atoms with Crippen LogP contribution < -0.4 is 11.1 Å². The van der Waals surface area contributed by atoms with E-state index in [1.807, 2.05) is 30.3 Å². The van der Waals surface area contributed by atoms with Crippen LogP contribution in [0.4, 0.5) is 0 Å². The fraction of sp³-hybridized carbons (Fsp3) is 0.588. The topological polar surface area (TPSA) is 55.1 Å². The lowest BCUT2D eigenvalue weighted by molar-refractivity contribution is -0.123. The molecule has 0 aromatic heterocycles. The second-order valence-electron chi connectivity index (χ2n) is 5.94. The maximum absolute atomic E-state index is 12.2. The third kappa shape index (κ3) is 4.34. The zero-order valence-electron chi connectivity index (χ0n) is 12.3. The molecule has 1 aromatic rings. The molecule has 1 fully saturated rings. The van der Waals surface area contributed by atoms with Gasteiger partial charge in [0.15, 0.2) is 0 Å². The molecule has 0 heterocycles. The number of amides is 1. The summed E-state index contributed by atoms with van der Waals surface area (Å²) in [5.74, 6) is 0.759. The molecular formula is C17H26N2O. The Balaban J connectivity index is 1.81. The van der Waals surface area contributed by atoms with Gasteiger partial charge in [-0.1, -0.05) is 56.5 Å². The van der Waals surface area contributed by atoms with Gasteiger partial charge >= 0.3 is 0 Å². The second kappa shape index (κ2) is 7.44. The summed E-state index contributed by atoms with van der Waals surface area (Å²) < 4.78 is 0. The van der Waals surface area contributed by atoms with E-state index in [9.17, 15) is 4.79 Å². The van der Waals surface area contributed by atoms with E-state index in [2.05, 4.69) is 12.2 Å². The Hall–Kier alpha value is -1.35. The monoisotopic (exact) mass is 274 g/mol. The van der Waals surface area contributed by atoms with Crippen molar-refractivity contribution >= 4 is 5.91 Å². The molecule has 110 valence electrons. The van der Waals surface area contributed by atoms with Crippen molar-refractivity contribution < 1.29 is 4.79 Å². The minimum Gasteiger partial charge on any atom is -0.352 e. The molecule has 3 atom stereocenters. The molecule has 1 aliphatic rings. The fourth-order valence-electron chi connectivity index (χ4n) is 3.06. The highest BCUT2D eigenvalue weighted by atomic mass is 16.2. The average Bonchev–Trinajstić information content (AvgIpc) is 2.48. The van der Waals surface area contributed by atoms with E-state index in [4.69, 9.17) is 5.73 Å². The molecular weight excluding hydrogens is 248 g/mol. The first-order valence-electron chi connectivity index (χ1n) is 7.79. The summed E-state index contributed by atoms with van der Waals surface area (Å²) in [7, 11) is 0. The van der Waals surface area contributed by atoms with Crippen molar-refractivity contribution in [3.63, 3.8) is 0 Å². The van der Waals surface area contributed by atoms with Crippen molar-refractivity contribution in [3.05, 3.63) is 35.9 Å². The van der Waals surface area contributed by atoms with Gasteiger partial charge in [-0.2, -0.15) is 0 Å². The molecule has 1 saturated carbocycles. The molecule has 0 bridgehead atoms. The Morgan fingerprint density at radius 1 is 1.35 bits per heavy atom. The summed E-state index contributed by atoms with van der Waals surface area (Å²) in [6, 6.07) is 9.84. The van der Waals surface area contributed by atoms with Crippen LogP contribution in [-0.2, 0) is 11.2 Å². The molecule has 0 spiro atoms. The normalized spacial score (nSPS) is 24.1. The molecule has 0 saturated heterocycles. The van der Waals surface area contributed by atoms with E-state index in [1.54, 1.807) is 0 Å². The minimum absolute atomic E-state index is 0.00407. The van der Waals surface area contributed by atoms with Crippen LogP contribution >= 0.6 is 0 Å². The van der Waals surface area contributed by atoms with E-state index in [1.165, 1.54) is 19.3 Å². The molecule has 0 radical (unpaired) electrons. The van der Waals surface area contributed by atoms with E-state index < -0.39 is 6.04 Å². The molecule has 3 nitrogen and oxygen atoms in total. The summed E-state index contributed by atoms with van der Waals surface area (Å²) in [5.41, 5.74) is 7.14. The van der Waals surface area contributed by atoms with Gasteiger partial charge in [0.1, 0.15) is 0 Å². The number of nitrogens with two attached hydrogens (primary N) is 1. The molecule has 1 aromatic carbocycles. The van der Waals surface area contributed by atoms with Gasteiger partial charge in [-0.3, -0.25) is 4.79 Å². The van der Waals surface area contributed by atoms with Gasteiger partial charge in [-0.15, -0.1) is 0 Å². The Morgan fingerprint density at radius 2 is 2.10 bits per heavy atom. The van der Waals surface area contributed by atoms with Crippen LogP contribution in [0.1, 0.15) is 44.6 Å². The first-order chi connectivity index (χ1) is 9.69. The van der Waals surface area contributed by atoms with E-state index in [0.717, 1.165) is 24.3 Å². The molecule has 1 aliphatic carbocycles. The van der Waals surface area contributed by atoms with E-state index >= 15 is 0 Å². The van der Waals surface area contributed by atoms with Gasteiger partial charge in [0.2, 0.25) is 5.91 Å². The molecule has 3 heteroatoms. The number of benzene rings is 1. The van der Waals surface area contributed by atoms with Crippen molar-refractivity contribution in [3.8, 4) is 0 Å². The number of hydrogen-bond donors (Lipinski definition) is 2. The molecule has 3 N–H and O–H groups in total. The Labute approximate surface area is 121 Å². The van der Waals surface area contributed by atoms with Crippen molar-refractivity contribution in [2.45, 2.75) is 57.5 Å². The van der Waals surface area contributed by atoms with Gasteiger partial charge in [-0.05, 0) is 30.7 Å². The Morgan fingerprint density at radius 3 is 2.80 bits per heavy atom. The SMILES string of the molecule is CCC1CCCC(NC(=O)[C@H](N)Cc2ccccc2)C1. The fourth-order valence-corrected chi connectivity index (χ4v) is 3.06. The highest BCUT2D eigenvalue weighted by Gasteiger charge is 2.24. The number of carbonyl (C=O) groups excluding carboxylic acids is 1. The predicted octanol–water partition coefficient (Wildman–Crippen LogP) is 2.64. The van der Waals surface area contributed by atoms with E-state index in [0.29, 0.717) is 12.5 Å². The number of hydrogen-bond acceptors (Lipinski definition) is 2. The first-order valence-corrected chi connectivity index (χ1v) is 7.79. The maximum Gasteiger partial charge on any atom is 0.237 e. The van der Waals surface area contributed by atoms with Crippen LogP contribution in [0.5, 0.6) is 0 Å². The van der Waals surface area contributed by atoms with Gasteiger partial charge in [-0.25, -0.2) is 0 Å². The summed E-state index contributed by atoms with van der Waals surface area (Å²) >= 11 is 0. The lowest BCUT2D eigenvalue weighted by Gasteiger charge is -2.29. The molecule has 2 rings (SSSR count). The quantitative estimate of drug-likeness (QED) is 0.867. The highest BCUT2D eigenvalue weighted by Crippen LogP contribution is 2.26. The van der Waals surface area contributed by atoms with Gasteiger partial charge < -0.3 is 11.1 Å². The van der Waals surface area contributed by atoms with Crippen LogP contribution in [-0.4, -0.2) is 18.0 Å². The van der Waals surface area contributed by atoms with Gasteiger partial charge in [0.25, 0.3) is 0 Å². The molecule has 1 amide bonds. The number of rotatable bonds is 5. The zero-order valence-corrected chi connectivity index (χ0v) is 12.3. The average molecular weight is 274 g/mol. The van der Waals surface area contributed by atoms with Crippen molar-refractivity contribution in [2.75, 3.05) is 0 Å². The summed E-state index contributed by atoms with van der Waals surface area (Å²) in [4.78, 5) is 12.2.